The Labute approximate surface area is 245 Å². The molecule has 7 nitrogen and oxygen atoms in total. The number of piperazine rings is 1. The number of ether oxygens (including phenoxy) is 1. The molecule has 0 aliphatic carbocycles. The van der Waals surface area contributed by atoms with Gasteiger partial charge >= 0.3 is 5.97 Å². The molecule has 0 radical (unpaired) electrons. The van der Waals surface area contributed by atoms with Gasteiger partial charge in [-0.15, -0.1) is 0 Å². The summed E-state index contributed by atoms with van der Waals surface area (Å²) in [6.45, 7) is 15.8. The van der Waals surface area contributed by atoms with Crippen LogP contribution in [0.25, 0.3) is 0 Å². The van der Waals surface area contributed by atoms with E-state index in [0.717, 1.165) is 65.3 Å². The second-order valence-electron chi connectivity index (χ2n) is 12.0. The number of benzene rings is 2. The molecule has 3 fully saturated rings. The topological polar surface area (TPSA) is 73.3 Å². The Hall–Kier alpha value is -2.65. The number of hydrogen-bond donors (Lipinski definition) is 1. The van der Waals surface area contributed by atoms with Crippen molar-refractivity contribution in [2.24, 2.45) is 5.92 Å². The third kappa shape index (κ3) is 9.70. The fraction of sp³-hybridized carbons (Fsp3) is 0.576. The van der Waals surface area contributed by atoms with Crippen molar-refractivity contribution in [2.45, 2.75) is 52.0 Å². The monoisotopic (exact) mass is 569 g/mol. The molecule has 1 N–H and O–H groups in total. The number of likely N-dealkylation sites (N-methyl/N-ethyl adjacent to an activating group) is 1. The molecule has 2 aromatic rings. The molecule has 3 aliphatic heterocycles. The summed E-state index contributed by atoms with van der Waals surface area (Å²) in [5.41, 5.74) is 4.84. The third-order valence-corrected chi connectivity index (χ3v) is 8.73. The van der Waals surface area contributed by atoms with Gasteiger partial charge in [-0.05, 0) is 70.3 Å². The maximum Gasteiger partial charge on any atom is 0.317 e. The van der Waals surface area contributed by atoms with E-state index in [1.807, 2.05) is 11.0 Å². The molecule has 0 spiro atoms. The Morgan fingerprint density at radius 2 is 1.68 bits per heavy atom. The average molecular weight is 570 g/mol. The van der Waals surface area contributed by atoms with Crippen molar-refractivity contribution in [1.82, 2.24) is 14.7 Å². The minimum absolute atomic E-state index is 0.112. The largest absolute Gasteiger partial charge is 0.480 e. The number of carbonyl (C=O) groups is 2. The zero-order chi connectivity index (χ0) is 30.0. The lowest BCUT2D eigenvalue weighted by molar-refractivity contribution is -0.138. The summed E-state index contributed by atoms with van der Waals surface area (Å²) in [6.07, 6.45) is 3.31. The first-order valence-electron chi connectivity index (χ1n) is 14.7. The highest BCUT2D eigenvalue weighted by atomic mass is 19.1. The summed E-state index contributed by atoms with van der Waals surface area (Å²) in [4.78, 5) is 28.7. The first kappa shape index (κ1) is 32.9. The Kier molecular flexibility index (Phi) is 12.5. The Morgan fingerprint density at radius 1 is 1.02 bits per heavy atom. The van der Waals surface area contributed by atoms with Crippen molar-refractivity contribution in [2.75, 3.05) is 66.1 Å². The molecular formula is C33H48FN3O4. The number of aliphatic carboxylic acids is 1. The molecule has 0 aromatic heterocycles. The number of rotatable bonds is 5. The van der Waals surface area contributed by atoms with Crippen LogP contribution in [0.3, 0.4) is 0 Å². The number of carbonyl (C=O) groups excluding carboxylic acids is 1. The van der Waals surface area contributed by atoms with Gasteiger partial charge in [-0.2, -0.15) is 0 Å². The van der Waals surface area contributed by atoms with Gasteiger partial charge in [0.15, 0.2) is 0 Å². The molecule has 8 heteroatoms. The maximum atomic E-state index is 12.3. The van der Waals surface area contributed by atoms with E-state index in [0.29, 0.717) is 11.5 Å². The van der Waals surface area contributed by atoms with Gasteiger partial charge in [0.2, 0.25) is 0 Å². The Morgan fingerprint density at radius 3 is 2.22 bits per heavy atom. The van der Waals surface area contributed by atoms with Crippen LogP contribution in [0.4, 0.5) is 4.39 Å². The molecule has 226 valence electrons. The van der Waals surface area contributed by atoms with Crippen molar-refractivity contribution in [3.05, 3.63) is 70.5 Å². The highest BCUT2D eigenvalue weighted by Crippen LogP contribution is 2.39. The van der Waals surface area contributed by atoms with Crippen LogP contribution in [0.1, 0.15) is 47.9 Å². The number of nitrogens with zero attached hydrogens (tertiary/aromatic N) is 3. The molecular weight excluding hydrogens is 521 g/mol. The minimum Gasteiger partial charge on any atom is -0.480 e. The summed E-state index contributed by atoms with van der Waals surface area (Å²) in [7, 11) is 2.05. The molecule has 2 aromatic carbocycles. The van der Waals surface area contributed by atoms with Crippen LogP contribution in [0.15, 0.2) is 42.5 Å². The molecule has 0 saturated carbocycles. The summed E-state index contributed by atoms with van der Waals surface area (Å²) in [5.74, 6) is -0.416. The SMILES string of the molecule is CN1CCN(CC(=O)O)CC1.Cc1ccc(C2CN(C3(C)CCOCC3)CC2C=O)c(C)c1.Cc1ccccc1F. The molecule has 3 heterocycles. The fourth-order valence-electron chi connectivity index (χ4n) is 5.85. The van der Waals surface area contributed by atoms with Gasteiger partial charge in [0.25, 0.3) is 0 Å². The van der Waals surface area contributed by atoms with Crippen molar-refractivity contribution < 1.29 is 23.8 Å². The van der Waals surface area contributed by atoms with E-state index in [-0.39, 0.29) is 23.8 Å². The fourth-order valence-corrected chi connectivity index (χ4v) is 5.85. The third-order valence-electron chi connectivity index (χ3n) is 8.73. The van der Waals surface area contributed by atoms with Crippen LogP contribution in [-0.2, 0) is 14.3 Å². The lowest BCUT2D eigenvalue weighted by atomic mass is 9.86. The normalized spacial score (nSPS) is 23.1. The van der Waals surface area contributed by atoms with Gasteiger partial charge in [0.05, 0.1) is 6.54 Å². The molecule has 5 rings (SSSR count). The first-order valence-corrected chi connectivity index (χ1v) is 14.7. The maximum absolute atomic E-state index is 12.3. The summed E-state index contributed by atoms with van der Waals surface area (Å²) >= 11 is 0. The van der Waals surface area contributed by atoms with Crippen molar-refractivity contribution in [1.29, 1.82) is 0 Å². The predicted octanol–water partition coefficient (Wildman–Crippen LogP) is 4.54. The second-order valence-corrected chi connectivity index (χ2v) is 12.0. The highest BCUT2D eigenvalue weighted by Gasteiger charge is 2.43. The molecule has 0 amide bonds. The number of aryl methyl sites for hydroxylation is 3. The Balaban J connectivity index is 0.000000201. The second kappa shape index (κ2) is 15.5. The standard InChI is InChI=1S/C19H27NO2.C7H7F.C7H14N2O2/c1-14-4-5-17(15(2)10-14)18-12-20(11-16(18)13-21)19(3)6-8-22-9-7-19;1-6-4-2-3-5-7(6)8;1-8-2-4-9(5-3-8)6-7(10)11/h4-5,10,13,16,18H,6-9,11-12H2,1-3H3;2-5H,1H3;2-6H2,1H3,(H,10,11). The van der Waals surface area contributed by atoms with Gasteiger partial charge in [-0.1, -0.05) is 42.0 Å². The number of aldehydes is 1. The van der Waals surface area contributed by atoms with Crippen LogP contribution in [0.5, 0.6) is 0 Å². The molecule has 3 saturated heterocycles. The molecule has 41 heavy (non-hydrogen) atoms. The quantitative estimate of drug-likeness (QED) is 0.530. The Bertz CT molecular complexity index is 1110. The van der Waals surface area contributed by atoms with Crippen LogP contribution >= 0.6 is 0 Å². The van der Waals surface area contributed by atoms with Crippen LogP contribution < -0.4 is 0 Å². The first-order chi connectivity index (χ1) is 19.5. The number of halogens is 1. The van der Waals surface area contributed by atoms with Crippen molar-refractivity contribution in [3.8, 4) is 0 Å². The number of carboxylic acids is 1. The average Bonchev–Trinajstić information content (AvgIpc) is 3.38. The predicted molar refractivity (Wildman–Crippen MR) is 161 cm³/mol. The summed E-state index contributed by atoms with van der Waals surface area (Å²) in [5, 5.41) is 8.48. The highest BCUT2D eigenvalue weighted by molar-refractivity contribution is 5.69. The smallest absolute Gasteiger partial charge is 0.317 e. The summed E-state index contributed by atoms with van der Waals surface area (Å²) < 4.78 is 17.8. The van der Waals surface area contributed by atoms with E-state index in [9.17, 15) is 14.0 Å². The molecule has 2 atom stereocenters. The van der Waals surface area contributed by atoms with Gasteiger partial charge in [-0.25, -0.2) is 4.39 Å². The number of hydrogen-bond acceptors (Lipinski definition) is 6. The van der Waals surface area contributed by atoms with Crippen LogP contribution in [-0.4, -0.2) is 104 Å². The molecule has 2 unspecified atom stereocenters. The van der Waals surface area contributed by atoms with Crippen LogP contribution in [0, 0.1) is 32.5 Å². The minimum atomic E-state index is -0.727. The van der Waals surface area contributed by atoms with E-state index < -0.39 is 5.97 Å². The number of carboxylic acid groups (broad SMARTS) is 1. The summed E-state index contributed by atoms with van der Waals surface area (Å²) in [6, 6.07) is 13.3. The lowest BCUT2D eigenvalue weighted by Crippen LogP contribution is -2.49. The van der Waals surface area contributed by atoms with Crippen molar-refractivity contribution >= 4 is 12.3 Å². The van der Waals surface area contributed by atoms with E-state index in [4.69, 9.17) is 9.84 Å². The van der Waals surface area contributed by atoms with E-state index in [1.165, 1.54) is 29.0 Å². The zero-order valence-corrected chi connectivity index (χ0v) is 25.4. The van der Waals surface area contributed by atoms with E-state index in [2.05, 4.69) is 55.8 Å². The zero-order valence-electron chi connectivity index (χ0n) is 25.4. The number of likely N-dealkylation sites (tertiary alicyclic amines) is 1. The molecule has 3 aliphatic rings. The van der Waals surface area contributed by atoms with Gasteiger partial charge in [0.1, 0.15) is 12.1 Å². The van der Waals surface area contributed by atoms with Gasteiger partial charge < -0.3 is 19.5 Å². The van der Waals surface area contributed by atoms with Crippen LogP contribution in [0.2, 0.25) is 0 Å². The van der Waals surface area contributed by atoms with Gasteiger partial charge in [0, 0.05) is 69.9 Å². The van der Waals surface area contributed by atoms with E-state index in [1.54, 1.807) is 19.1 Å². The molecule has 0 bridgehead atoms. The van der Waals surface area contributed by atoms with Crippen molar-refractivity contribution in [3.63, 3.8) is 0 Å². The lowest BCUT2D eigenvalue weighted by Gasteiger charge is -2.42. The van der Waals surface area contributed by atoms with Gasteiger partial charge in [-0.3, -0.25) is 14.6 Å². The van der Waals surface area contributed by atoms with E-state index >= 15 is 0 Å².